The minimum atomic E-state index is -1.01. The van der Waals surface area contributed by atoms with Crippen molar-refractivity contribution in [1.82, 2.24) is 4.90 Å². The molecule has 3 aliphatic rings. The summed E-state index contributed by atoms with van der Waals surface area (Å²) < 4.78 is -1.45. The fraction of sp³-hybridized carbons (Fsp3) is 0.522. The Kier molecular flexibility index (Phi) is 5.84. The number of fused-ring (bicyclic) bond motifs is 1. The molecule has 1 spiro atoms. The molecule has 1 aromatic rings. The van der Waals surface area contributed by atoms with E-state index in [4.69, 9.17) is 11.6 Å². The smallest absolute Gasteiger partial charge is 0.308 e. The molecule has 2 amide bonds. The summed E-state index contributed by atoms with van der Waals surface area (Å²) in [6.07, 6.45) is 2.80. The summed E-state index contributed by atoms with van der Waals surface area (Å²) in [6.45, 7) is 7.25. The van der Waals surface area contributed by atoms with Crippen molar-refractivity contribution in [1.29, 1.82) is 0 Å². The van der Waals surface area contributed by atoms with Gasteiger partial charge in [0.1, 0.15) is 6.04 Å². The van der Waals surface area contributed by atoms with Crippen molar-refractivity contribution in [2.24, 2.45) is 11.8 Å². The number of anilines is 1. The van der Waals surface area contributed by atoms with E-state index in [-0.39, 0.29) is 25.0 Å². The molecule has 172 valence electrons. The molecule has 6 atom stereocenters. The first-order valence-electron chi connectivity index (χ1n) is 10.6. The van der Waals surface area contributed by atoms with Crippen LogP contribution < -0.4 is 4.90 Å². The van der Waals surface area contributed by atoms with Crippen molar-refractivity contribution in [2.45, 2.75) is 48.3 Å². The average molecular weight is 479 g/mol. The van der Waals surface area contributed by atoms with Crippen molar-refractivity contribution in [2.75, 3.05) is 18.1 Å². The van der Waals surface area contributed by atoms with Gasteiger partial charge in [0.15, 0.2) is 0 Å². The Bertz CT molecular complexity index is 972. The second kappa shape index (κ2) is 8.08. The zero-order chi connectivity index (χ0) is 23.4. The molecular formula is C23H27ClN2O5S. The molecule has 32 heavy (non-hydrogen) atoms. The predicted octanol–water partition coefficient (Wildman–Crippen LogP) is 2.81. The van der Waals surface area contributed by atoms with Crippen molar-refractivity contribution in [3.05, 3.63) is 41.9 Å². The van der Waals surface area contributed by atoms with E-state index in [2.05, 4.69) is 6.58 Å². The van der Waals surface area contributed by atoms with Crippen LogP contribution in [0.4, 0.5) is 5.69 Å². The van der Waals surface area contributed by atoms with Gasteiger partial charge in [-0.3, -0.25) is 14.4 Å². The Hall–Kier alpha value is -2.03. The molecule has 4 rings (SSSR count). The van der Waals surface area contributed by atoms with Gasteiger partial charge in [0.2, 0.25) is 5.91 Å². The number of likely N-dealkylation sites (tertiary alicyclic amines) is 1. The maximum atomic E-state index is 14.1. The molecule has 3 fully saturated rings. The average Bonchev–Trinajstić information content (AvgIpc) is 3.32. The lowest BCUT2D eigenvalue weighted by Crippen LogP contribution is -2.57. The Labute approximate surface area is 196 Å². The highest BCUT2D eigenvalue weighted by molar-refractivity contribution is 8.02. The summed E-state index contributed by atoms with van der Waals surface area (Å²) in [7, 11) is 0. The lowest BCUT2D eigenvalue weighted by Gasteiger charge is -2.38. The van der Waals surface area contributed by atoms with Gasteiger partial charge in [-0.05, 0) is 51.0 Å². The summed E-state index contributed by atoms with van der Waals surface area (Å²) in [5.74, 6) is -3.34. The Morgan fingerprint density at radius 1 is 1.38 bits per heavy atom. The van der Waals surface area contributed by atoms with Crippen LogP contribution in [0, 0.1) is 11.8 Å². The van der Waals surface area contributed by atoms with Gasteiger partial charge in [0, 0.05) is 22.0 Å². The number of rotatable bonds is 7. The SMILES string of the molecule is C=CCN(C(=O)C1N([C@H](C)CO)C(=O)[C@@H]2[C@H](C(=O)O)[C@]3(C)CCC12S3)c1ccc(Cl)cc1. The molecule has 0 saturated carbocycles. The van der Waals surface area contributed by atoms with Crippen molar-refractivity contribution in [3.8, 4) is 0 Å². The number of nitrogens with zero attached hydrogens (tertiary/aromatic N) is 2. The van der Waals surface area contributed by atoms with Crippen LogP contribution in [0.25, 0.3) is 0 Å². The van der Waals surface area contributed by atoms with E-state index in [0.29, 0.717) is 23.6 Å². The first kappa shape index (κ1) is 23.1. The minimum Gasteiger partial charge on any atom is -0.481 e. The number of benzene rings is 1. The fourth-order valence-electron chi connectivity index (χ4n) is 5.80. The fourth-order valence-corrected chi connectivity index (χ4v) is 8.26. The summed E-state index contributed by atoms with van der Waals surface area (Å²) in [5, 5.41) is 20.4. The second-order valence-electron chi connectivity index (χ2n) is 9.06. The van der Waals surface area contributed by atoms with Gasteiger partial charge in [-0.15, -0.1) is 18.3 Å². The number of amides is 2. The summed E-state index contributed by atoms with van der Waals surface area (Å²) in [6, 6.07) is 5.34. The molecule has 0 aromatic heterocycles. The number of aliphatic hydroxyl groups excluding tert-OH is 1. The standard InChI is InChI=1S/C23H27ClN2O5S/c1-4-11-25(15-7-5-14(24)6-8-15)20(29)18-23-10-9-22(3,32-23)17(21(30)31)16(23)19(28)26(18)13(2)12-27/h4-8,13,16-18,27H,1,9-12H2,2-3H3,(H,30,31)/t13-,16+,17-,18?,22+,23?/m1/s1. The van der Waals surface area contributed by atoms with E-state index >= 15 is 0 Å². The molecule has 3 saturated heterocycles. The van der Waals surface area contributed by atoms with Crippen LogP contribution >= 0.6 is 23.4 Å². The van der Waals surface area contributed by atoms with Gasteiger partial charge in [0.25, 0.3) is 5.91 Å². The highest BCUT2D eigenvalue weighted by Crippen LogP contribution is 2.71. The number of carbonyl (C=O) groups excluding carboxylic acids is 2. The van der Waals surface area contributed by atoms with Gasteiger partial charge in [-0.2, -0.15) is 0 Å². The predicted molar refractivity (Wildman–Crippen MR) is 124 cm³/mol. The number of hydrogen-bond acceptors (Lipinski definition) is 5. The summed E-state index contributed by atoms with van der Waals surface area (Å²) in [4.78, 5) is 43.0. The van der Waals surface area contributed by atoms with Crippen LogP contribution in [0.3, 0.4) is 0 Å². The van der Waals surface area contributed by atoms with E-state index in [0.717, 1.165) is 0 Å². The highest BCUT2D eigenvalue weighted by atomic mass is 35.5. The molecule has 7 nitrogen and oxygen atoms in total. The number of aliphatic hydroxyl groups is 1. The number of carboxylic acid groups (broad SMARTS) is 1. The highest BCUT2D eigenvalue weighted by Gasteiger charge is 2.77. The van der Waals surface area contributed by atoms with E-state index in [1.54, 1.807) is 42.2 Å². The van der Waals surface area contributed by atoms with Crippen molar-refractivity contribution >= 4 is 46.8 Å². The van der Waals surface area contributed by atoms with Crippen LogP contribution in [0.2, 0.25) is 5.02 Å². The van der Waals surface area contributed by atoms with E-state index < -0.39 is 39.4 Å². The topological polar surface area (TPSA) is 98.2 Å². The third-order valence-corrected chi connectivity index (χ3v) is 9.41. The number of halogens is 1. The lowest BCUT2D eigenvalue weighted by molar-refractivity contribution is -0.150. The zero-order valence-electron chi connectivity index (χ0n) is 18.0. The van der Waals surface area contributed by atoms with Crippen LogP contribution in [-0.2, 0) is 14.4 Å². The van der Waals surface area contributed by atoms with E-state index in [1.165, 1.54) is 16.7 Å². The number of carboxylic acids is 1. The zero-order valence-corrected chi connectivity index (χ0v) is 19.6. The van der Waals surface area contributed by atoms with Crippen LogP contribution in [-0.4, -0.2) is 67.6 Å². The molecule has 3 aliphatic heterocycles. The first-order chi connectivity index (χ1) is 15.1. The molecule has 9 heteroatoms. The maximum absolute atomic E-state index is 14.1. The van der Waals surface area contributed by atoms with Crippen molar-refractivity contribution in [3.63, 3.8) is 0 Å². The van der Waals surface area contributed by atoms with Gasteiger partial charge >= 0.3 is 5.97 Å². The Morgan fingerprint density at radius 3 is 2.59 bits per heavy atom. The normalized spacial score (nSPS) is 33.8. The van der Waals surface area contributed by atoms with E-state index in [9.17, 15) is 24.6 Å². The van der Waals surface area contributed by atoms with Crippen LogP contribution in [0.5, 0.6) is 0 Å². The lowest BCUT2D eigenvalue weighted by atomic mass is 9.66. The molecule has 3 heterocycles. The third kappa shape index (κ3) is 3.18. The number of carbonyl (C=O) groups is 3. The second-order valence-corrected chi connectivity index (χ2v) is 11.4. The maximum Gasteiger partial charge on any atom is 0.308 e. The molecular weight excluding hydrogens is 452 g/mol. The van der Waals surface area contributed by atoms with E-state index in [1.807, 2.05) is 6.92 Å². The number of aliphatic carboxylic acids is 1. The van der Waals surface area contributed by atoms with Crippen LogP contribution in [0.15, 0.2) is 36.9 Å². The van der Waals surface area contributed by atoms with Gasteiger partial charge in [-0.1, -0.05) is 17.7 Å². The molecule has 2 bridgehead atoms. The van der Waals surface area contributed by atoms with Gasteiger partial charge in [-0.25, -0.2) is 0 Å². The Balaban J connectivity index is 1.83. The largest absolute Gasteiger partial charge is 0.481 e. The first-order valence-corrected chi connectivity index (χ1v) is 11.8. The molecule has 0 radical (unpaired) electrons. The monoisotopic (exact) mass is 478 g/mol. The Morgan fingerprint density at radius 2 is 2.03 bits per heavy atom. The number of thioether (sulfide) groups is 1. The quantitative estimate of drug-likeness (QED) is 0.585. The van der Waals surface area contributed by atoms with Crippen LogP contribution in [0.1, 0.15) is 26.7 Å². The number of hydrogen-bond donors (Lipinski definition) is 2. The third-order valence-electron chi connectivity index (χ3n) is 7.17. The molecule has 1 aromatic carbocycles. The van der Waals surface area contributed by atoms with Gasteiger partial charge < -0.3 is 20.0 Å². The summed E-state index contributed by atoms with van der Waals surface area (Å²) >= 11 is 7.50. The molecule has 2 unspecified atom stereocenters. The minimum absolute atomic E-state index is 0.220. The van der Waals surface area contributed by atoms with Gasteiger partial charge in [0.05, 0.1) is 29.2 Å². The molecule has 2 N–H and O–H groups in total. The van der Waals surface area contributed by atoms with Crippen molar-refractivity contribution < 1.29 is 24.6 Å². The molecule has 0 aliphatic carbocycles. The summed E-state index contributed by atoms with van der Waals surface area (Å²) in [5.41, 5.74) is 0.613.